The van der Waals surface area contributed by atoms with Crippen LogP contribution in [0.5, 0.6) is 0 Å². The molecule has 29 heavy (non-hydrogen) atoms. The summed E-state index contributed by atoms with van der Waals surface area (Å²) in [5, 5.41) is 2.33. The SMILES string of the molecule is Cc1cc(COC2CCCCO2)nc(NC(=O)NS(=O)(=O)c2ccccc2Cl)n1. The van der Waals surface area contributed by atoms with Crippen LogP contribution in [-0.4, -0.2) is 37.3 Å². The zero-order valence-corrected chi connectivity index (χ0v) is 17.3. The van der Waals surface area contributed by atoms with Crippen molar-refractivity contribution in [3.63, 3.8) is 0 Å². The van der Waals surface area contributed by atoms with Gasteiger partial charge in [0.05, 0.1) is 17.3 Å². The van der Waals surface area contributed by atoms with E-state index in [1.54, 1.807) is 19.1 Å². The van der Waals surface area contributed by atoms with Crippen molar-refractivity contribution in [2.24, 2.45) is 0 Å². The molecule has 0 bridgehead atoms. The van der Waals surface area contributed by atoms with Gasteiger partial charge < -0.3 is 9.47 Å². The van der Waals surface area contributed by atoms with Gasteiger partial charge in [0.15, 0.2) is 6.29 Å². The van der Waals surface area contributed by atoms with Crippen LogP contribution in [0.2, 0.25) is 5.02 Å². The molecule has 2 amide bonds. The second-order valence-electron chi connectivity index (χ2n) is 6.42. The van der Waals surface area contributed by atoms with Gasteiger partial charge in [-0.3, -0.25) is 5.32 Å². The molecular formula is C18H21ClN4O5S. The number of urea groups is 1. The summed E-state index contributed by atoms with van der Waals surface area (Å²) >= 11 is 5.89. The normalized spacial score (nSPS) is 17.0. The van der Waals surface area contributed by atoms with Gasteiger partial charge >= 0.3 is 6.03 Å². The van der Waals surface area contributed by atoms with E-state index in [9.17, 15) is 13.2 Å². The van der Waals surface area contributed by atoms with E-state index in [4.69, 9.17) is 21.1 Å². The van der Waals surface area contributed by atoms with Gasteiger partial charge in [-0.1, -0.05) is 23.7 Å². The van der Waals surface area contributed by atoms with Crippen molar-refractivity contribution in [3.8, 4) is 0 Å². The van der Waals surface area contributed by atoms with Gasteiger partial charge in [0.2, 0.25) is 5.95 Å². The van der Waals surface area contributed by atoms with E-state index in [1.807, 2.05) is 4.72 Å². The van der Waals surface area contributed by atoms with E-state index in [0.29, 0.717) is 18.0 Å². The van der Waals surface area contributed by atoms with Crippen LogP contribution in [0.4, 0.5) is 10.7 Å². The van der Waals surface area contributed by atoms with E-state index in [1.165, 1.54) is 18.2 Å². The number of aromatic nitrogens is 2. The number of rotatable bonds is 6. The Morgan fingerprint density at radius 3 is 2.83 bits per heavy atom. The molecule has 156 valence electrons. The molecule has 2 heterocycles. The number of nitrogens with one attached hydrogen (secondary N) is 2. The summed E-state index contributed by atoms with van der Waals surface area (Å²) in [5.41, 5.74) is 1.13. The van der Waals surface area contributed by atoms with E-state index in [2.05, 4.69) is 15.3 Å². The molecule has 1 aliphatic heterocycles. The first-order valence-electron chi connectivity index (χ1n) is 8.99. The first-order valence-corrected chi connectivity index (χ1v) is 10.9. The fraction of sp³-hybridized carbons (Fsp3) is 0.389. The Morgan fingerprint density at radius 1 is 1.31 bits per heavy atom. The fourth-order valence-electron chi connectivity index (χ4n) is 2.75. The van der Waals surface area contributed by atoms with Crippen molar-refractivity contribution >= 4 is 33.6 Å². The number of hydrogen-bond donors (Lipinski definition) is 2. The molecule has 1 aromatic heterocycles. The van der Waals surface area contributed by atoms with Gasteiger partial charge in [0.1, 0.15) is 4.90 Å². The molecule has 11 heteroatoms. The molecule has 1 fully saturated rings. The Balaban J connectivity index is 1.64. The van der Waals surface area contributed by atoms with Crippen LogP contribution in [0.1, 0.15) is 30.7 Å². The minimum atomic E-state index is -4.15. The van der Waals surface area contributed by atoms with Crippen molar-refractivity contribution < 1.29 is 22.7 Å². The monoisotopic (exact) mass is 440 g/mol. The van der Waals surface area contributed by atoms with Gasteiger partial charge in [0.25, 0.3) is 10.0 Å². The molecule has 1 aromatic carbocycles. The third-order valence-corrected chi connectivity index (χ3v) is 5.87. The quantitative estimate of drug-likeness (QED) is 0.708. The fourth-order valence-corrected chi connectivity index (χ4v) is 4.18. The molecule has 9 nitrogen and oxygen atoms in total. The maximum atomic E-state index is 12.3. The average Bonchev–Trinajstić information content (AvgIpc) is 2.66. The molecule has 3 rings (SSSR count). The highest BCUT2D eigenvalue weighted by molar-refractivity contribution is 7.90. The lowest BCUT2D eigenvalue weighted by Gasteiger charge is -2.22. The number of sulfonamides is 1. The van der Waals surface area contributed by atoms with E-state index < -0.39 is 16.1 Å². The summed E-state index contributed by atoms with van der Waals surface area (Å²) in [6, 6.07) is 6.52. The van der Waals surface area contributed by atoms with Crippen LogP contribution in [0.25, 0.3) is 0 Å². The van der Waals surface area contributed by atoms with Crippen molar-refractivity contribution in [1.82, 2.24) is 14.7 Å². The summed E-state index contributed by atoms with van der Waals surface area (Å²) < 4.78 is 37.8. The molecule has 0 saturated carbocycles. The minimum Gasteiger partial charge on any atom is -0.353 e. The first-order chi connectivity index (χ1) is 13.8. The molecule has 0 aliphatic carbocycles. The highest BCUT2D eigenvalue weighted by atomic mass is 35.5. The highest BCUT2D eigenvalue weighted by Crippen LogP contribution is 2.20. The lowest BCUT2D eigenvalue weighted by Crippen LogP contribution is -2.35. The van der Waals surface area contributed by atoms with Crippen LogP contribution in [0.15, 0.2) is 35.2 Å². The Labute approximate surface area is 173 Å². The van der Waals surface area contributed by atoms with Gasteiger partial charge in [-0.15, -0.1) is 0 Å². The van der Waals surface area contributed by atoms with Crippen LogP contribution >= 0.6 is 11.6 Å². The van der Waals surface area contributed by atoms with Crippen LogP contribution < -0.4 is 10.0 Å². The van der Waals surface area contributed by atoms with E-state index in [-0.39, 0.29) is 28.8 Å². The summed E-state index contributed by atoms with van der Waals surface area (Å²) in [6.07, 6.45) is 2.60. The number of halogens is 1. The van der Waals surface area contributed by atoms with Crippen molar-refractivity contribution in [2.45, 2.75) is 44.0 Å². The summed E-state index contributed by atoms with van der Waals surface area (Å²) in [7, 11) is -4.15. The van der Waals surface area contributed by atoms with Gasteiger partial charge in [-0.2, -0.15) is 0 Å². The Bertz CT molecular complexity index is 980. The average molecular weight is 441 g/mol. The lowest BCUT2D eigenvalue weighted by molar-refractivity contribution is -0.169. The predicted octanol–water partition coefficient (Wildman–Crippen LogP) is 2.99. The number of aryl methyl sites for hydroxylation is 1. The van der Waals surface area contributed by atoms with Crippen molar-refractivity contribution in [2.75, 3.05) is 11.9 Å². The molecule has 0 spiro atoms. The Morgan fingerprint density at radius 2 is 2.10 bits per heavy atom. The smallest absolute Gasteiger partial charge is 0.335 e. The van der Waals surface area contributed by atoms with Crippen molar-refractivity contribution in [3.05, 3.63) is 46.7 Å². The largest absolute Gasteiger partial charge is 0.353 e. The number of carbonyl (C=O) groups is 1. The second kappa shape index (κ2) is 9.49. The third-order valence-electron chi connectivity index (χ3n) is 4.04. The number of anilines is 1. The van der Waals surface area contributed by atoms with Gasteiger partial charge in [-0.25, -0.2) is 27.9 Å². The number of hydrogen-bond acceptors (Lipinski definition) is 7. The van der Waals surface area contributed by atoms with Gasteiger partial charge in [-0.05, 0) is 44.4 Å². The van der Waals surface area contributed by atoms with Crippen LogP contribution in [0.3, 0.4) is 0 Å². The second-order valence-corrected chi connectivity index (χ2v) is 8.48. The lowest BCUT2D eigenvalue weighted by atomic mass is 10.2. The maximum Gasteiger partial charge on any atom is 0.335 e. The zero-order chi connectivity index (χ0) is 20.9. The standard InChI is InChI=1S/C18H21ClN4O5S/c1-12-10-13(11-28-16-8-4-5-9-27-16)21-17(20-12)22-18(24)23-29(25,26)15-7-3-2-6-14(15)19/h2-3,6-7,10,16H,4-5,8-9,11H2,1H3,(H2,20,21,22,23,24). The topological polar surface area (TPSA) is 120 Å². The molecule has 1 unspecified atom stereocenters. The number of ether oxygens (including phenoxy) is 2. The highest BCUT2D eigenvalue weighted by Gasteiger charge is 2.21. The van der Waals surface area contributed by atoms with E-state index in [0.717, 1.165) is 19.3 Å². The number of amides is 2. The minimum absolute atomic E-state index is 0.00368. The van der Waals surface area contributed by atoms with Gasteiger partial charge in [0, 0.05) is 12.3 Å². The summed E-state index contributed by atoms with van der Waals surface area (Å²) in [4.78, 5) is 20.3. The molecule has 1 atom stereocenters. The molecule has 0 radical (unpaired) electrons. The van der Waals surface area contributed by atoms with Crippen LogP contribution in [0, 0.1) is 6.92 Å². The van der Waals surface area contributed by atoms with Crippen LogP contribution in [-0.2, 0) is 26.1 Å². The zero-order valence-electron chi connectivity index (χ0n) is 15.7. The molecule has 1 aliphatic rings. The number of carbonyl (C=O) groups excluding carboxylic acids is 1. The Hall–Kier alpha value is -2.27. The molecule has 2 aromatic rings. The van der Waals surface area contributed by atoms with E-state index >= 15 is 0 Å². The maximum absolute atomic E-state index is 12.3. The Kier molecular flexibility index (Phi) is 7.01. The van der Waals surface area contributed by atoms with Crippen molar-refractivity contribution in [1.29, 1.82) is 0 Å². The third kappa shape index (κ3) is 6.10. The number of nitrogens with zero attached hydrogens (tertiary/aromatic N) is 2. The molecule has 1 saturated heterocycles. The number of benzene rings is 1. The molecule has 2 N–H and O–H groups in total. The summed E-state index contributed by atoms with van der Waals surface area (Å²) in [5.74, 6) is -0.0416. The molecular weight excluding hydrogens is 420 g/mol. The first kappa shape index (κ1) is 21.4. The summed E-state index contributed by atoms with van der Waals surface area (Å²) in [6.45, 7) is 2.58. The predicted molar refractivity (Wildman–Crippen MR) is 106 cm³/mol.